The van der Waals surface area contributed by atoms with E-state index in [1.807, 2.05) is 27.7 Å². The van der Waals surface area contributed by atoms with E-state index in [0.29, 0.717) is 37.6 Å². The van der Waals surface area contributed by atoms with Gasteiger partial charge in [0.15, 0.2) is 0 Å². The molecule has 0 unspecified atom stereocenters. The molecule has 66 heavy (non-hydrogen) atoms. The summed E-state index contributed by atoms with van der Waals surface area (Å²) in [5, 5.41) is 14.6. The van der Waals surface area contributed by atoms with Crippen molar-refractivity contribution in [2.24, 2.45) is 11.8 Å². The summed E-state index contributed by atoms with van der Waals surface area (Å²) in [4.78, 5) is 74.8. The Morgan fingerprint density at radius 3 is 1.58 bits per heavy atom. The zero-order chi connectivity index (χ0) is 47.4. The third kappa shape index (κ3) is 8.99. The van der Waals surface area contributed by atoms with Crippen molar-refractivity contribution < 1.29 is 29.0 Å². The van der Waals surface area contributed by atoms with Crippen molar-refractivity contribution in [2.75, 3.05) is 25.1 Å². The van der Waals surface area contributed by atoms with Gasteiger partial charge < -0.3 is 45.1 Å². The highest BCUT2D eigenvalue weighted by atomic mass is 16.5. The maximum Gasteiger partial charge on any atom is 0.407 e. The fourth-order valence-corrected chi connectivity index (χ4v) is 10.0. The largest absolute Gasteiger partial charge is 0.465 e. The lowest BCUT2D eigenvalue weighted by Gasteiger charge is -2.34. The van der Waals surface area contributed by atoms with Gasteiger partial charge in [0.1, 0.15) is 23.7 Å². The number of aromatic amines is 2. The Kier molecular flexibility index (Phi) is 12.5. The molecule has 0 radical (unpaired) electrons. The number of rotatable bonds is 11. The Labute approximate surface area is 386 Å². The maximum absolute atomic E-state index is 14.0. The highest BCUT2D eigenvalue weighted by molar-refractivity contribution is 5.88. The number of H-pyrrole nitrogens is 2. The van der Waals surface area contributed by atoms with Crippen molar-refractivity contribution >= 4 is 51.8 Å². The van der Waals surface area contributed by atoms with Gasteiger partial charge in [0, 0.05) is 18.8 Å². The number of hydrogen-bond donors (Lipinski definition) is 5. The molecule has 348 valence electrons. The number of carbonyl (C=O) groups excluding carboxylic acids is 3. The molecule has 3 aliphatic heterocycles. The van der Waals surface area contributed by atoms with Crippen LogP contribution in [0.4, 0.5) is 15.3 Å². The topological polar surface area (TPSA) is 189 Å². The average molecular weight is 898 g/mol. The van der Waals surface area contributed by atoms with E-state index < -0.39 is 30.3 Å². The normalized spacial score (nSPS) is 21.1. The minimum Gasteiger partial charge on any atom is -0.465 e. The van der Waals surface area contributed by atoms with Crippen LogP contribution in [0.3, 0.4) is 0 Å². The lowest BCUT2D eigenvalue weighted by molar-refractivity contribution is -0.136. The lowest BCUT2D eigenvalue weighted by atomic mass is 9.87. The summed E-state index contributed by atoms with van der Waals surface area (Å²) in [5.41, 5.74) is 9.69. The molecule has 15 heteroatoms. The Balaban J connectivity index is 1.11. The fourth-order valence-electron chi connectivity index (χ4n) is 10.0. The predicted octanol–water partition coefficient (Wildman–Crippen LogP) is 9.15. The van der Waals surface area contributed by atoms with E-state index in [2.05, 4.69) is 120 Å². The molecule has 0 saturated carbocycles. The van der Waals surface area contributed by atoms with Gasteiger partial charge >= 0.3 is 12.2 Å². The van der Waals surface area contributed by atoms with Crippen LogP contribution < -0.4 is 15.5 Å². The van der Waals surface area contributed by atoms with E-state index in [-0.39, 0.29) is 47.2 Å². The SMILES string of the molecule is C=C1C[C@@H](c2nc3cc([C@H]4CC[C@H](c5ccc6[nH]c([C@@H]7CC(=C)CN7C(=O)[C@@H](NC(=O)OC)C(C)C)nc6c5)N4c4ccc(C(C)(C)C)cc4)ccc3[nH]2)N(C(=O)[C@@H](NC(=O)O)C(C)C)C1. The molecule has 2 aromatic heterocycles. The number of ether oxygens (including phenoxy) is 1. The number of carbonyl (C=O) groups is 4. The summed E-state index contributed by atoms with van der Waals surface area (Å²) >= 11 is 0. The van der Waals surface area contributed by atoms with E-state index in [0.717, 1.165) is 62.9 Å². The van der Waals surface area contributed by atoms with Gasteiger partial charge in [0.2, 0.25) is 11.8 Å². The number of benzene rings is 3. The quantitative estimate of drug-likeness (QED) is 0.0806. The van der Waals surface area contributed by atoms with Gasteiger partial charge in [-0.1, -0.05) is 97.0 Å². The van der Waals surface area contributed by atoms with Crippen LogP contribution in [-0.2, 0) is 19.7 Å². The number of likely N-dealkylation sites (tertiary alicyclic amines) is 2. The molecule has 5 heterocycles. The van der Waals surface area contributed by atoms with Crippen LogP contribution >= 0.6 is 0 Å². The average Bonchev–Trinajstić information content (AvgIpc) is 4.12. The van der Waals surface area contributed by atoms with Crippen molar-refractivity contribution in [1.82, 2.24) is 40.4 Å². The summed E-state index contributed by atoms with van der Waals surface area (Å²) in [7, 11) is 1.29. The molecule has 0 aliphatic carbocycles. The first kappa shape index (κ1) is 45.9. The van der Waals surface area contributed by atoms with Crippen LogP contribution in [0.5, 0.6) is 0 Å². The van der Waals surface area contributed by atoms with Crippen molar-refractivity contribution in [3.8, 4) is 0 Å². The standard InChI is InChI=1S/C51H63N9O6/c1-27(2)43(56-49(63)64)47(61)58-25-29(5)21-41(58)45-52-35-17-11-31(23-37(35)54-45)39-19-20-40(60(39)34-15-13-33(14-16-34)51(7,8)9)32-12-18-36-38(24-32)55-46(53-36)42-22-30(6)26-59(42)48(62)44(28(3)4)57-50(65)66-10/h11-18,23-24,27-28,39-44,56H,5-6,19-22,25-26H2,1-4,7-10H3,(H,52,54)(H,53,55)(H,57,65)(H,63,64)/t39-,40-,41+,42+,43+,44+/m1/s1. The predicted molar refractivity (Wildman–Crippen MR) is 255 cm³/mol. The monoisotopic (exact) mass is 897 g/mol. The first-order chi connectivity index (χ1) is 31.3. The van der Waals surface area contributed by atoms with E-state index in [9.17, 15) is 24.3 Å². The molecule has 3 saturated heterocycles. The molecule has 0 spiro atoms. The summed E-state index contributed by atoms with van der Waals surface area (Å²) in [6.07, 6.45) is 0.961. The number of aromatic nitrogens is 4. The van der Waals surface area contributed by atoms with Crippen molar-refractivity contribution in [2.45, 2.75) is 116 Å². The number of nitrogens with one attached hydrogen (secondary N) is 4. The molecule has 6 atom stereocenters. The Bertz CT molecular complexity index is 2690. The van der Waals surface area contributed by atoms with E-state index in [1.54, 1.807) is 9.80 Å². The first-order valence-electron chi connectivity index (χ1n) is 23.0. The molecule has 5 N–H and O–H groups in total. The molecular formula is C51H63N9O6. The highest BCUT2D eigenvalue weighted by Gasteiger charge is 2.41. The van der Waals surface area contributed by atoms with Gasteiger partial charge in [0.05, 0.1) is 53.3 Å². The van der Waals surface area contributed by atoms with Crippen molar-refractivity contribution in [1.29, 1.82) is 0 Å². The van der Waals surface area contributed by atoms with Crippen LogP contribution in [0.15, 0.2) is 85.0 Å². The summed E-state index contributed by atoms with van der Waals surface area (Å²) < 4.78 is 4.83. The van der Waals surface area contributed by atoms with Gasteiger partial charge in [-0.15, -0.1) is 0 Å². The van der Waals surface area contributed by atoms with Crippen molar-refractivity contribution in [3.63, 3.8) is 0 Å². The van der Waals surface area contributed by atoms with Gasteiger partial charge in [-0.25, -0.2) is 19.6 Å². The lowest BCUT2D eigenvalue weighted by Crippen LogP contribution is -2.51. The molecule has 3 fully saturated rings. The molecule has 3 aliphatic rings. The van der Waals surface area contributed by atoms with Gasteiger partial charge in [0.25, 0.3) is 0 Å². The van der Waals surface area contributed by atoms with E-state index in [4.69, 9.17) is 14.7 Å². The van der Waals surface area contributed by atoms with Crippen LogP contribution in [0.25, 0.3) is 22.1 Å². The second-order valence-corrected chi connectivity index (χ2v) is 20.0. The number of methoxy groups -OCH3 is 1. The van der Waals surface area contributed by atoms with Gasteiger partial charge in [-0.05, 0) is 96.0 Å². The Morgan fingerprint density at radius 2 is 1.17 bits per heavy atom. The zero-order valence-corrected chi connectivity index (χ0v) is 39.3. The van der Waals surface area contributed by atoms with Crippen LogP contribution in [0, 0.1) is 11.8 Å². The number of imidazole rings is 2. The molecule has 4 amide bonds. The molecule has 5 aromatic rings. The summed E-state index contributed by atoms with van der Waals surface area (Å²) in [5.74, 6) is 0.404. The molecule has 8 rings (SSSR count). The Morgan fingerprint density at radius 1 is 0.712 bits per heavy atom. The smallest absolute Gasteiger partial charge is 0.407 e. The van der Waals surface area contributed by atoms with Crippen LogP contribution in [-0.4, -0.2) is 91.1 Å². The van der Waals surface area contributed by atoms with Gasteiger partial charge in [-0.2, -0.15) is 0 Å². The number of carboxylic acid groups (broad SMARTS) is 1. The van der Waals surface area contributed by atoms with E-state index in [1.165, 1.54) is 12.7 Å². The number of nitrogens with zero attached hydrogens (tertiary/aromatic N) is 5. The highest BCUT2D eigenvalue weighted by Crippen LogP contribution is 2.48. The summed E-state index contributed by atoms with van der Waals surface area (Å²) in [6.45, 7) is 23.2. The summed E-state index contributed by atoms with van der Waals surface area (Å²) in [6, 6.07) is 19.3. The van der Waals surface area contributed by atoms with Crippen LogP contribution in [0.1, 0.15) is 127 Å². The number of hydrogen-bond acceptors (Lipinski definition) is 8. The van der Waals surface area contributed by atoms with Crippen LogP contribution in [0.2, 0.25) is 0 Å². The number of alkyl carbamates (subject to hydrolysis) is 1. The zero-order valence-electron chi connectivity index (χ0n) is 39.3. The second kappa shape index (κ2) is 18.0. The third-order valence-electron chi connectivity index (χ3n) is 13.5. The molecular weight excluding hydrogens is 835 g/mol. The number of amides is 4. The fraction of sp³-hybridized carbons (Fsp3) is 0.451. The van der Waals surface area contributed by atoms with E-state index >= 15 is 0 Å². The molecule has 15 nitrogen and oxygen atoms in total. The maximum atomic E-state index is 14.0. The van der Waals surface area contributed by atoms with Gasteiger partial charge in [-0.3, -0.25) is 9.59 Å². The number of anilines is 1. The molecule has 0 bridgehead atoms. The van der Waals surface area contributed by atoms with Crippen molar-refractivity contribution in [3.05, 3.63) is 113 Å². The second-order valence-electron chi connectivity index (χ2n) is 20.0. The minimum absolute atomic E-state index is 0.0124. The minimum atomic E-state index is -1.24. The first-order valence-corrected chi connectivity index (χ1v) is 23.0. The number of fused-ring (bicyclic) bond motifs is 2. The Hall–Kier alpha value is -6.64. The third-order valence-corrected chi connectivity index (χ3v) is 13.5. The molecule has 3 aromatic carbocycles.